The van der Waals surface area contributed by atoms with E-state index in [1.807, 2.05) is 0 Å². The van der Waals surface area contributed by atoms with E-state index in [0.29, 0.717) is 11.0 Å². The molecule has 0 fully saturated rings. The Morgan fingerprint density at radius 1 is 1.62 bits per heavy atom. The first kappa shape index (κ1) is 5.44. The van der Waals surface area contributed by atoms with Gasteiger partial charge in [0.1, 0.15) is 13.6 Å². The molecule has 1 atom stereocenters. The number of hydrogen-bond acceptors (Lipinski definition) is 2. The molecule has 1 aliphatic rings. The SMILES string of the molecule is BC1=C(O)C(=C)C1O. The van der Waals surface area contributed by atoms with E-state index < -0.39 is 6.10 Å². The molecular formula is C5H7BO2. The number of aliphatic hydroxyl groups is 2. The highest BCUT2D eigenvalue weighted by atomic mass is 16.3. The van der Waals surface area contributed by atoms with Crippen molar-refractivity contribution in [2.24, 2.45) is 0 Å². The molecule has 42 valence electrons. The van der Waals surface area contributed by atoms with Gasteiger partial charge in [-0.2, -0.15) is 0 Å². The smallest absolute Gasteiger partial charge is 0.142 e. The predicted octanol–water partition coefficient (Wildman–Crippen LogP) is -0.680. The van der Waals surface area contributed by atoms with E-state index in [4.69, 9.17) is 10.2 Å². The van der Waals surface area contributed by atoms with Crippen molar-refractivity contribution < 1.29 is 10.2 Å². The lowest BCUT2D eigenvalue weighted by Gasteiger charge is -2.25. The quantitative estimate of drug-likeness (QED) is 0.405. The Kier molecular flexibility index (Phi) is 0.944. The van der Waals surface area contributed by atoms with Gasteiger partial charge in [0.15, 0.2) is 0 Å². The molecule has 1 rings (SSSR count). The average Bonchev–Trinajstić information content (AvgIpc) is 1.83. The van der Waals surface area contributed by atoms with Crippen LogP contribution in [0.1, 0.15) is 0 Å². The highest BCUT2D eigenvalue weighted by molar-refractivity contribution is 6.24. The second kappa shape index (κ2) is 1.39. The van der Waals surface area contributed by atoms with Gasteiger partial charge < -0.3 is 10.2 Å². The van der Waals surface area contributed by atoms with Crippen LogP contribution in [0, 0.1) is 0 Å². The van der Waals surface area contributed by atoms with Crippen LogP contribution < -0.4 is 0 Å². The highest BCUT2D eigenvalue weighted by Gasteiger charge is 2.27. The Hall–Kier alpha value is -0.695. The van der Waals surface area contributed by atoms with Gasteiger partial charge in [0.2, 0.25) is 0 Å². The van der Waals surface area contributed by atoms with Crippen molar-refractivity contribution in [2.45, 2.75) is 6.10 Å². The summed E-state index contributed by atoms with van der Waals surface area (Å²) in [6.07, 6.45) is -0.588. The summed E-state index contributed by atoms with van der Waals surface area (Å²) in [6.45, 7) is 3.42. The number of aliphatic hydroxyl groups excluding tert-OH is 2. The maximum Gasteiger partial charge on any atom is 0.142 e. The summed E-state index contributed by atoms with van der Waals surface area (Å²) in [5.74, 6) is 0.164. The van der Waals surface area contributed by atoms with Gasteiger partial charge in [0.25, 0.3) is 0 Å². The molecule has 0 radical (unpaired) electrons. The van der Waals surface area contributed by atoms with Crippen molar-refractivity contribution >= 4 is 7.85 Å². The van der Waals surface area contributed by atoms with Gasteiger partial charge in [-0.05, 0) is 5.47 Å². The summed E-state index contributed by atoms with van der Waals surface area (Å²) in [5, 5.41) is 17.6. The first-order valence-electron chi connectivity index (χ1n) is 2.41. The lowest BCUT2D eigenvalue weighted by atomic mass is 9.75. The number of hydrogen-bond donors (Lipinski definition) is 2. The minimum atomic E-state index is -0.588. The second-order valence-electron chi connectivity index (χ2n) is 1.96. The molecule has 0 aliphatic heterocycles. The molecule has 0 heterocycles. The molecule has 0 amide bonds. The first-order valence-corrected chi connectivity index (χ1v) is 2.41. The third kappa shape index (κ3) is 0.420. The van der Waals surface area contributed by atoms with Crippen LogP contribution in [-0.4, -0.2) is 24.2 Å². The molecule has 2 N–H and O–H groups in total. The summed E-state index contributed by atoms with van der Waals surface area (Å²) in [6, 6.07) is 0. The summed E-state index contributed by atoms with van der Waals surface area (Å²) >= 11 is 0. The van der Waals surface area contributed by atoms with E-state index in [1.165, 1.54) is 0 Å². The van der Waals surface area contributed by atoms with Crippen molar-refractivity contribution in [2.75, 3.05) is 0 Å². The van der Waals surface area contributed by atoms with Crippen LogP contribution in [0.3, 0.4) is 0 Å². The average molecular weight is 110 g/mol. The van der Waals surface area contributed by atoms with Crippen LogP contribution in [-0.2, 0) is 0 Å². The largest absolute Gasteiger partial charge is 0.508 e. The lowest BCUT2D eigenvalue weighted by Crippen LogP contribution is -2.26. The van der Waals surface area contributed by atoms with Gasteiger partial charge in [-0.15, -0.1) is 0 Å². The van der Waals surface area contributed by atoms with Crippen LogP contribution in [0.15, 0.2) is 23.4 Å². The Balaban J connectivity index is 2.90. The van der Waals surface area contributed by atoms with E-state index in [9.17, 15) is 0 Å². The maximum absolute atomic E-state index is 8.84. The van der Waals surface area contributed by atoms with E-state index in [0.717, 1.165) is 0 Å². The first-order chi connectivity index (χ1) is 3.64. The van der Waals surface area contributed by atoms with Crippen LogP contribution in [0.2, 0.25) is 0 Å². The monoisotopic (exact) mass is 110 g/mol. The van der Waals surface area contributed by atoms with Crippen molar-refractivity contribution in [3.05, 3.63) is 23.4 Å². The minimum Gasteiger partial charge on any atom is -0.508 e. The molecule has 1 aliphatic carbocycles. The topological polar surface area (TPSA) is 40.5 Å². The molecule has 0 bridgehead atoms. The van der Waals surface area contributed by atoms with Crippen LogP contribution in [0.5, 0.6) is 0 Å². The van der Waals surface area contributed by atoms with E-state index >= 15 is 0 Å². The Morgan fingerprint density at radius 2 is 2.12 bits per heavy atom. The standard InChI is InChI=1S/C5H7BO2/c1-2-4(7)3(6)5(2)8/h4,7-8H,1,6H2. The summed E-state index contributed by atoms with van der Waals surface area (Å²) < 4.78 is 0. The molecule has 0 aromatic rings. The normalized spacial score (nSPS) is 28.1. The van der Waals surface area contributed by atoms with Gasteiger partial charge in [-0.25, -0.2) is 0 Å². The van der Waals surface area contributed by atoms with Gasteiger partial charge in [0, 0.05) is 5.57 Å². The van der Waals surface area contributed by atoms with Gasteiger partial charge in [-0.1, -0.05) is 6.58 Å². The fraction of sp³-hybridized carbons (Fsp3) is 0.200. The van der Waals surface area contributed by atoms with Crippen LogP contribution in [0.4, 0.5) is 0 Å². The van der Waals surface area contributed by atoms with Gasteiger partial charge >= 0.3 is 0 Å². The van der Waals surface area contributed by atoms with Crippen molar-refractivity contribution in [3.8, 4) is 0 Å². The summed E-state index contributed by atoms with van der Waals surface area (Å²) in [4.78, 5) is 0. The Bertz CT molecular complexity index is 171. The molecule has 3 heteroatoms. The Morgan fingerprint density at radius 3 is 2.25 bits per heavy atom. The third-order valence-electron chi connectivity index (χ3n) is 1.42. The number of rotatable bonds is 0. The van der Waals surface area contributed by atoms with Crippen molar-refractivity contribution in [1.82, 2.24) is 0 Å². The highest BCUT2D eigenvalue weighted by Crippen LogP contribution is 2.27. The summed E-state index contributed by atoms with van der Waals surface area (Å²) in [5.41, 5.74) is 1.05. The molecular weight excluding hydrogens is 103 g/mol. The van der Waals surface area contributed by atoms with Crippen molar-refractivity contribution in [1.29, 1.82) is 0 Å². The second-order valence-corrected chi connectivity index (χ2v) is 1.96. The molecule has 2 nitrogen and oxygen atoms in total. The van der Waals surface area contributed by atoms with Gasteiger partial charge in [-0.3, -0.25) is 0 Å². The van der Waals surface area contributed by atoms with E-state index in [-0.39, 0.29) is 5.76 Å². The molecule has 1 unspecified atom stereocenters. The van der Waals surface area contributed by atoms with Gasteiger partial charge in [0.05, 0.1) is 6.10 Å². The fourth-order valence-electron chi connectivity index (χ4n) is 0.696. The van der Waals surface area contributed by atoms with Crippen molar-refractivity contribution in [3.63, 3.8) is 0 Å². The maximum atomic E-state index is 8.84. The molecule has 0 saturated carbocycles. The fourth-order valence-corrected chi connectivity index (χ4v) is 0.696. The van der Waals surface area contributed by atoms with E-state index in [2.05, 4.69) is 6.58 Å². The lowest BCUT2D eigenvalue weighted by molar-refractivity contribution is 0.212. The molecule has 8 heavy (non-hydrogen) atoms. The molecule has 0 aromatic heterocycles. The van der Waals surface area contributed by atoms with Crippen LogP contribution in [0.25, 0.3) is 0 Å². The molecule has 0 spiro atoms. The Labute approximate surface area is 48.6 Å². The predicted molar refractivity (Wildman–Crippen MR) is 33.3 cm³/mol. The zero-order valence-corrected chi connectivity index (χ0v) is 4.68. The summed E-state index contributed by atoms with van der Waals surface area (Å²) in [7, 11) is 1.68. The van der Waals surface area contributed by atoms with E-state index in [1.54, 1.807) is 7.85 Å². The third-order valence-corrected chi connectivity index (χ3v) is 1.42. The molecule has 0 saturated heterocycles. The zero-order valence-electron chi connectivity index (χ0n) is 4.68. The minimum absolute atomic E-state index is 0.164. The van der Waals surface area contributed by atoms with Crippen LogP contribution >= 0.6 is 0 Å². The zero-order chi connectivity index (χ0) is 6.31. The molecule has 0 aromatic carbocycles.